The van der Waals surface area contributed by atoms with E-state index in [2.05, 4.69) is 10.6 Å². The normalized spacial score (nSPS) is 10.9. The molecule has 0 aromatic heterocycles. The molecule has 2 amide bonds. The van der Waals surface area contributed by atoms with Crippen LogP contribution in [0.15, 0.2) is 24.3 Å². The van der Waals surface area contributed by atoms with Crippen LogP contribution in [0.2, 0.25) is 0 Å². The van der Waals surface area contributed by atoms with Gasteiger partial charge in [-0.1, -0.05) is 12.1 Å². The molecule has 0 aliphatic heterocycles. The number of hydrogen-bond donors (Lipinski definition) is 4. The molecule has 8 heteroatoms. The molecule has 5 N–H and O–H groups in total. The second kappa shape index (κ2) is 6.07. The van der Waals surface area contributed by atoms with Crippen LogP contribution >= 0.6 is 0 Å². The Morgan fingerprint density at radius 3 is 2.53 bits per heavy atom. The molecular weight excluding hydrogens is 261 g/mol. The second-order valence-corrected chi connectivity index (χ2v) is 3.70. The van der Waals surface area contributed by atoms with E-state index >= 15 is 0 Å². The number of halogens is 3. The first kappa shape index (κ1) is 14.8. The molecule has 0 heterocycles. The Hall–Kier alpha value is -2.25. The van der Waals surface area contributed by atoms with Gasteiger partial charge in [-0.3, -0.25) is 5.41 Å². The Bertz CT molecular complexity index is 473. The lowest BCUT2D eigenvalue weighted by atomic mass is 10.1. The zero-order chi connectivity index (χ0) is 14.5. The maximum atomic E-state index is 12.6. The summed E-state index contributed by atoms with van der Waals surface area (Å²) in [4.78, 5) is 11.4. The molecular formula is C11H13F3N4O. The molecule has 0 fully saturated rings. The van der Waals surface area contributed by atoms with Gasteiger partial charge in [0.15, 0.2) is 0 Å². The van der Waals surface area contributed by atoms with Gasteiger partial charge in [0.05, 0.1) is 17.1 Å². The lowest BCUT2D eigenvalue weighted by Gasteiger charge is -2.13. The van der Waals surface area contributed by atoms with Crippen molar-refractivity contribution in [2.24, 2.45) is 5.73 Å². The molecule has 104 valence electrons. The summed E-state index contributed by atoms with van der Waals surface area (Å²) >= 11 is 0. The third-order valence-electron chi connectivity index (χ3n) is 2.16. The van der Waals surface area contributed by atoms with E-state index < -0.39 is 17.8 Å². The minimum atomic E-state index is -4.54. The smallest absolute Gasteiger partial charge is 0.388 e. The van der Waals surface area contributed by atoms with Crippen LogP contribution in [0.5, 0.6) is 0 Å². The maximum absolute atomic E-state index is 12.6. The number of carbonyl (C=O) groups excluding carboxylic acids is 1. The van der Waals surface area contributed by atoms with Gasteiger partial charge in [-0.05, 0) is 12.1 Å². The number of alkyl halides is 3. The van der Waals surface area contributed by atoms with Crippen molar-refractivity contribution in [3.05, 3.63) is 29.8 Å². The molecule has 0 bridgehead atoms. The van der Waals surface area contributed by atoms with Crippen LogP contribution in [0.25, 0.3) is 0 Å². The molecule has 1 rings (SSSR count). The highest BCUT2D eigenvalue weighted by Gasteiger charge is 2.33. The Balaban J connectivity index is 2.67. The Labute approximate surface area is 107 Å². The van der Waals surface area contributed by atoms with Crippen LogP contribution in [0.4, 0.5) is 23.7 Å². The van der Waals surface area contributed by atoms with E-state index in [0.717, 1.165) is 12.1 Å². The first-order chi connectivity index (χ1) is 8.80. The van der Waals surface area contributed by atoms with Gasteiger partial charge >= 0.3 is 12.2 Å². The molecule has 0 spiro atoms. The number of benzene rings is 1. The van der Waals surface area contributed by atoms with Gasteiger partial charge in [-0.2, -0.15) is 13.2 Å². The van der Waals surface area contributed by atoms with Crippen molar-refractivity contribution in [3.8, 4) is 0 Å². The zero-order valence-corrected chi connectivity index (χ0v) is 9.84. The Morgan fingerprint density at radius 1 is 1.32 bits per heavy atom. The highest BCUT2D eigenvalue weighted by atomic mass is 19.4. The van der Waals surface area contributed by atoms with E-state index in [-0.39, 0.29) is 24.5 Å². The molecule has 0 atom stereocenters. The molecule has 5 nitrogen and oxygen atoms in total. The van der Waals surface area contributed by atoms with Gasteiger partial charge in [-0.25, -0.2) is 4.79 Å². The topological polar surface area (TPSA) is 91.0 Å². The van der Waals surface area contributed by atoms with Crippen molar-refractivity contribution in [2.75, 3.05) is 11.9 Å². The average Bonchev–Trinajstić information content (AvgIpc) is 2.27. The van der Waals surface area contributed by atoms with E-state index in [9.17, 15) is 18.0 Å². The third-order valence-corrected chi connectivity index (χ3v) is 2.16. The number of nitrogens with two attached hydrogens (primary N) is 1. The summed E-state index contributed by atoms with van der Waals surface area (Å²) < 4.78 is 37.9. The second-order valence-electron chi connectivity index (χ2n) is 3.70. The van der Waals surface area contributed by atoms with Crippen LogP contribution in [-0.4, -0.2) is 18.4 Å². The van der Waals surface area contributed by atoms with E-state index in [1.165, 1.54) is 12.1 Å². The highest BCUT2D eigenvalue weighted by Crippen LogP contribution is 2.34. The number of amidine groups is 1. The van der Waals surface area contributed by atoms with Crippen LogP contribution in [0, 0.1) is 5.41 Å². The summed E-state index contributed by atoms with van der Waals surface area (Å²) in [6.07, 6.45) is -4.41. The van der Waals surface area contributed by atoms with Crippen molar-refractivity contribution in [1.82, 2.24) is 5.32 Å². The first-order valence-electron chi connectivity index (χ1n) is 5.34. The SMILES string of the molecule is N=C(N)CCNC(=O)Nc1ccccc1C(F)(F)F. The van der Waals surface area contributed by atoms with E-state index in [1.54, 1.807) is 0 Å². The van der Waals surface area contributed by atoms with Gasteiger partial charge in [0.1, 0.15) is 0 Å². The van der Waals surface area contributed by atoms with Crippen LogP contribution < -0.4 is 16.4 Å². The summed E-state index contributed by atoms with van der Waals surface area (Å²) in [5.74, 6) is -0.115. The highest BCUT2D eigenvalue weighted by molar-refractivity contribution is 5.90. The van der Waals surface area contributed by atoms with Crippen LogP contribution in [0.1, 0.15) is 12.0 Å². The molecule has 0 saturated carbocycles. The number of amides is 2. The fourth-order valence-electron chi connectivity index (χ4n) is 1.32. The Kier molecular flexibility index (Phi) is 4.74. The van der Waals surface area contributed by atoms with Gasteiger partial charge in [0, 0.05) is 13.0 Å². The summed E-state index contributed by atoms with van der Waals surface area (Å²) in [6, 6.07) is 3.89. The zero-order valence-electron chi connectivity index (χ0n) is 9.84. The van der Waals surface area contributed by atoms with Crippen molar-refractivity contribution in [2.45, 2.75) is 12.6 Å². The van der Waals surface area contributed by atoms with E-state index in [0.29, 0.717) is 0 Å². The lowest BCUT2D eigenvalue weighted by Crippen LogP contribution is -2.32. The van der Waals surface area contributed by atoms with Gasteiger partial charge in [0.2, 0.25) is 0 Å². The van der Waals surface area contributed by atoms with Crippen molar-refractivity contribution in [1.29, 1.82) is 5.41 Å². The fraction of sp³-hybridized carbons (Fsp3) is 0.273. The lowest BCUT2D eigenvalue weighted by molar-refractivity contribution is -0.136. The minimum Gasteiger partial charge on any atom is -0.388 e. The predicted octanol–water partition coefficient (Wildman–Crippen LogP) is 2.15. The standard InChI is InChI=1S/C11H13F3N4O/c12-11(13,14)7-3-1-2-4-8(7)18-10(19)17-6-5-9(15)16/h1-4H,5-6H2,(H3,15,16)(H2,17,18,19). The number of nitrogens with one attached hydrogen (secondary N) is 3. The first-order valence-corrected chi connectivity index (χ1v) is 5.34. The number of para-hydroxylation sites is 1. The van der Waals surface area contributed by atoms with Gasteiger partial charge in [0.25, 0.3) is 0 Å². The Morgan fingerprint density at radius 2 is 1.95 bits per heavy atom. The largest absolute Gasteiger partial charge is 0.418 e. The predicted molar refractivity (Wildman–Crippen MR) is 65.0 cm³/mol. The van der Waals surface area contributed by atoms with Crippen LogP contribution in [-0.2, 0) is 6.18 Å². The molecule has 0 unspecified atom stereocenters. The van der Waals surface area contributed by atoms with Crippen molar-refractivity contribution >= 4 is 17.6 Å². The number of anilines is 1. The quantitative estimate of drug-likeness (QED) is 0.500. The summed E-state index contributed by atoms with van der Waals surface area (Å²) in [7, 11) is 0. The van der Waals surface area contributed by atoms with Crippen LogP contribution in [0.3, 0.4) is 0 Å². The van der Waals surface area contributed by atoms with Crippen molar-refractivity contribution < 1.29 is 18.0 Å². The third kappa shape index (κ3) is 4.86. The summed E-state index contributed by atoms with van der Waals surface area (Å²) in [5, 5.41) is 11.3. The molecule has 1 aromatic carbocycles. The molecule has 0 aliphatic carbocycles. The summed E-state index contributed by atoms with van der Waals surface area (Å²) in [5.41, 5.74) is 3.83. The number of hydrogen-bond acceptors (Lipinski definition) is 2. The average molecular weight is 274 g/mol. The van der Waals surface area contributed by atoms with Gasteiger partial charge < -0.3 is 16.4 Å². The number of carbonyl (C=O) groups is 1. The molecule has 1 aromatic rings. The fourth-order valence-corrected chi connectivity index (χ4v) is 1.32. The van der Waals surface area contributed by atoms with Gasteiger partial charge in [-0.15, -0.1) is 0 Å². The van der Waals surface area contributed by atoms with Crippen molar-refractivity contribution in [3.63, 3.8) is 0 Å². The monoisotopic (exact) mass is 274 g/mol. The maximum Gasteiger partial charge on any atom is 0.418 e. The van der Waals surface area contributed by atoms with E-state index in [1.807, 2.05) is 0 Å². The molecule has 0 aliphatic rings. The molecule has 0 radical (unpaired) electrons. The number of rotatable bonds is 4. The van der Waals surface area contributed by atoms with E-state index in [4.69, 9.17) is 11.1 Å². The number of urea groups is 1. The minimum absolute atomic E-state index is 0.0787. The molecule has 19 heavy (non-hydrogen) atoms. The summed E-state index contributed by atoms with van der Waals surface area (Å²) in [6.45, 7) is 0.0787. The molecule has 0 saturated heterocycles.